The van der Waals surface area contributed by atoms with Crippen molar-refractivity contribution in [2.24, 2.45) is 5.92 Å². The zero-order chi connectivity index (χ0) is 20.4. The third kappa shape index (κ3) is 4.61. The maximum atomic E-state index is 14.5. The minimum atomic E-state index is -0.785. The monoisotopic (exact) mass is 396 g/mol. The zero-order valence-electron chi connectivity index (χ0n) is 17.4. The molecule has 2 fully saturated rings. The van der Waals surface area contributed by atoms with Gasteiger partial charge in [0.15, 0.2) is 11.6 Å². The van der Waals surface area contributed by atoms with E-state index in [4.69, 9.17) is 4.74 Å². The van der Waals surface area contributed by atoms with E-state index in [2.05, 4.69) is 31.2 Å². The van der Waals surface area contributed by atoms with E-state index >= 15 is 0 Å². The second-order valence-corrected chi connectivity index (χ2v) is 8.65. The van der Waals surface area contributed by atoms with Gasteiger partial charge in [-0.2, -0.15) is 0 Å². The number of aryl methyl sites for hydroxylation is 1. The summed E-state index contributed by atoms with van der Waals surface area (Å²) in [5.41, 5.74) is 3.77. The largest absolute Gasteiger partial charge is 0.368 e. The van der Waals surface area contributed by atoms with Crippen LogP contribution in [0, 0.1) is 24.5 Å². The molecule has 0 amide bonds. The van der Waals surface area contributed by atoms with Crippen molar-refractivity contribution in [3.8, 4) is 0 Å². The highest BCUT2D eigenvalue weighted by molar-refractivity contribution is 5.72. The van der Waals surface area contributed by atoms with E-state index in [-0.39, 0.29) is 6.10 Å². The topological polar surface area (TPSA) is 12.5 Å². The number of ether oxygens (including phenoxy) is 1. The van der Waals surface area contributed by atoms with E-state index in [1.54, 1.807) is 12.1 Å². The van der Waals surface area contributed by atoms with Crippen molar-refractivity contribution >= 4 is 12.2 Å². The molecule has 154 valence electrons. The Bertz CT molecular complexity index is 873. The predicted molar refractivity (Wildman–Crippen MR) is 115 cm³/mol. The van der Waals surface area contributed by atoms with E-state index in [9.17, 15) is 8.78 Å². The van der Waals surface area contributed by atoms with Gasteiger partial charge in [-0.15, -0.1) is 0 Å². The molecule has 1 aliphatic heterocycles. The summed E-state index contributed by atoms with van der Waals surface area (Å²) in [7, 11) is 0. The summed E-state index contributed by atoms with van der Waals surface area (Å²) in [6, 6.07) is 10.3. The smallest absolute Gasteiger partial charge is 0.166 e. The lowest BCUT2D eigenvalue weighted by Crippen LogP contribution is -2.13. The quantitative estimate of drug-likeness (QED) is 0.362. The second-order valence-electron chi connectivity index (χ2n) is 8.65. The van der Waals surface area contributed by atoms with Gasteiger partial charge in [0.05, 0.1) is 6.61 Å². The molecule has 4 rings (SSSR count). The molecule has 1 unspecified atom stereocenters. The lowest BCUT2D eigenvalue weighted by atomic mass is 9.77. The van der Waals surface area contributed by atoms with Crippen molar-refractivity contribution in [3.05, 3.63) is 69.8 Å². The summed E-state index contributed by atoms with van der Waals surface area (Å²) >= 11 is 0. The standard InChI is InChI=1S/C26H30F2O/c1-3-4-18-5-10-20(11-6-18)21-12-7-19(8-13-21)9-14-22-17(2)15-23(24-16-29-24)26(28)25(22)27/h7-9,12-15,18,20,24H,3-6,10-11,16H2,1-2H3/b14-9+. The average molecular weight is 397 g/mol. The molecule has 1 heterocycles. The molecule has 1 aliphatic carbocycles. The van der Waals surface area contributed by atoms with E-state index in [1.807, 2.05) is 13.0 Å². The van der Waals surface area contributed by atoms with Gasteiger partial charge in [0.1, 0.15) is 6.10 Å². The van der Waals surface area contributed by atoms with Crippen LogP contribution >= 0.6 is 0 Å². The van der Waals surface area contributed by atoms with Crippen molar-refractivity contribution in [1.29, 1.82) is 0 Å². The van der Waals surface area contributed by atoms with Crippen molar-refractivity contribution in [1.82, 2.24) is 0 Å². The van der Waals surface area contributed by atoms with Gasteiger partial charge in [-0.05, 0) is 67.2 Å². The number of epoxide rings is 1. The van der Waals surface area contributed by atoms with Gasteiger partial charge in [0, 0.05) is 11.1 Å². The fourth-order valence-corrected chi connectivity index (χ4v) is 4.71. The van der Waals surface area contributed by atoms with Crippen LogP contribution in [-0.2, 0) is 4.74 Å². The summed E-state index contributed by atoms with van der Waals surface area (Å²) in [5.74, 6) is 0.000874. The average Bonchev–Trinajstić information content (AvgIpc) is 3.57. The van der Waals surface area contributed by atoms with E-state index in [0.29, 0.717) is 23.7 Å². The highest BCUT2D eigenvalue weighted by atomic mass is 19.2. The molecular weight excluding hydrogens is 366 g/mol. The van der Waals surface area contributed by atoms with E-state index in [0.717, 1.165) is 17.0 Å². The molecule has 3 heteroatoms. The fraction of sp³-hybridized carbons (Fsp3) is 0.462. The third-order valence-corrected chi connectivity index (χ3v) is 6.55. The van der Waals surface area contributed by atoms with Crippen LogP contribution in [0.25, 0.3) is 12.2 Å². The summed E-state index contributed by atoms with van der Waals surface area (Å²) in [5, 5.41) is 0. The van der Waals surface area contributed by atoms with Gasteiger partial charge in [0.25, 0.3) is 0 Å². The number of hydrogen-bond acceptors (Lipinski definition) is 1. The van der Waals surface area contributed by atoms with Crippen LogP contribution in [0.15, 0.2) is 30.3 Å². The molecule has 1 saturated carbocycles. The minimum Gasteiger partial charge on any atom is -0.368 e. The van der Waals surface area contributed by atoms with Crippen LogP contribution in [-0.4, -0.2) is 6.61 Å². The fourth-order valence-electron chi connectivity index (χ4n) is 4.71. The maximum absolute atomic E-state index is 14.5. The van der Waals surface area contributed by atoms with Crippen LogP contribution < -0.4 is 0 Å². The number of benzene rings is 2. The predicted octanol–water partition coefficient (Wildman–Crippen LogP) is 7.59. The van der Waals surface area contributed by atoms with Crippen molar-refractivity contribution in [2.45, 2.75) is 64.4 Å². The van der Waals surface area contributed by atoms with E-state index < -0.39 is 11.6 Å². The summed E-state index contributed by atoms with van der Waals surface area (Å²) < 4.78 is 33.9. The molecule has 0 bridgehead atoms. The highest BCUT2D eigenvalue weighted by Crippen LogP contribution is 2.38. The first kappa shape index (κ1) is 20.3. The molecule has 2 aliphatic rings. The molecule has 2 aromatic rings. The van der Waals surface area contributed by atoms with Gasteiger partial charge in [-0.25, -0.2) is 8.78 Å². The number of halogens is 2. The molecular formula is C26H30F2O. The Labute approximate surface area is 172 Å². The van der Waals surface area contributed by atoms with E-state index in [1.165, 1.54) is 44.1 Å². The van der Waals surface area contributed by atoms with Crippen molar-refractivity contribution in [2.75, 3.05) is 6.61 Å². The Balaban J connectivity index is 1.44. The molecule has 0 radical (unpaired) electrons. The molecule has 2 aromatic carbocycles. The Hall–Kier alpha value is -2.00. The van der Waals surface area contributed by atoms with Crippen LogP contribution in [0.2, 0.25) is 0 Å². The highest BCUT2D eigenvalue weighted by Gasteiger charge is 2.30. The second kappa shape index (κ2) is 8.79. The molecule has 0 aromatic heterocycles. The number of hydrogen-bond donors (Lipinski definition) is 0. The molecule has 0 spiro atoms. The summed E-state index contributed by atoms with van der Waals surface area (Å²) in [4.78, 5) is 0. The van der Waals surface area contributed by atoms with Crippen molar-refractivity contribution < 1.29 is 13.5 Å². The minimum absolute atomic E-state index is 0.286. The normalized spacial score (nSPS) is 24.2. The summed E-state index contributed by atoms with van der Waals surface area (Å²) in [6.07, 6.45) is 11.1. The molecule has 1 saturated heterocycles. The SMILES string of the molecule is CCCC1CCC(c2ccc(/C=C/c3c(C)cc(C4CO4)c(F)c3F)cc2)CC1. The maximum Gasteiger partial charge on any atom is 0.166 e. The molecule has 0 N–H and O–H groups in total. The third-order valence-electron chi connectivity index (χ3n) is 6.55. The first-order valence-electron chi connectivity index (χ1n) is 10.9. The lowest BCUT2D eigenvalue weighted by Gasteiger charge is -2.28. The van der Waals surface area contributed by atoms with Crippen LogP contribution in [0.4, 0.5) is 8.78 Å². The van der Waals surface area contributed by atoms with Crippen LogP contribution in [0.3, 0.4) is 0 Å². The first-order valence-corrected chi connectivity index (χ1v) is 10.9. The van der Waals surface area contributed by atoms with Gasteiger partial charge >= 0.3 is 0 Å². The Kier molecular flexibility index (Phi) is 6.15. The van der Waals surface area contributed by atoms with Gasteiger partial charge in [-0.1, -0.05) is 56.2 Å². The van der Waals surface area contributed by atoms with Gasteiger partial charge in [0.2, 0.25) is 0 Å². The van der Waals surface area contributed by atoms with Crippen LogP contribution in [0.5, 0.6) is 0 Å². The van der Waals surface area contributed by atoms with Crippen molar-refractivity contribution in [3.63, 3.8) is 0 Å². The lowest BCUT2D eigenvalue weighted by molar-refractivity contribution is 0.308. The summed E-state index contributed by atoms with van der Waals surface area (Å²) in [6.45, 7) is 4.56. The first-order chi connectivity index (χ1) is 14.1. The van der Waals surface area contributed by atoms with Gasteiger partial charge < -0.3 is 4.74 Å². The molecule has 1 atom stereocenters. The Morgan fingerprint density at radius 2 is 1.69 bits per heavy atom. The molecule has 29 heavy (non-hydrogen) atoms. The zero-order valence-corrected chi connectivity index (χ0v) is 17.4. The Morgan fingerprint density at radius 3 is 2.31 bits per heavy atom. The number of rotatable bonds is 6. The van der Waals surface area contributed by atoms with Gasteiger partial charge in [-0.3, -0.25) is 0 Å². The molecule has 1 nitrogen and oxygen atoms in total. The van der Waals surface area contributed by atoms with Crippen LogP contribution in [0.1, 0.15) is 85.3 Å². The Morgan fingerprint density at radius 1 is 1.00 bits per heavy atom.